The molecule has 0 saturated heterocycles. The normalized spacial score (nSPS) is 11.1. The summed E-state index contributed by atoms with van der Waals surface area (Å²) in [4.78, 5) is 4.40. The van der Waals surface area contributed by atoms with Gasteiger partial charge < -0.3 is 10.1 Å². The summed E-state index contributed by atoms with van der Waals surface area (Å²) in [7, 11) is -2.07. The highest BCUT2D eigenvalue weighted by Gasteiger charge is 2.15. The molecule has 0 unspecified atom stereocenters. The molecule has 0 aliphatic rings. The zero-order valence-corrected chi connectivity index (χ0v) is 16.2. The van der Waals surface area contributed by atoms with Crippen molar-refractivity contribution in [1.29, 1.82) is 0 Å². The quantitative estimate of drug-likeness (QED) is 0.665. The largest absolute Gasteiger partial charge is 0.495 e. The summed E-state index contributed by atoms with van der Waals surface area (Å²) in [5.41, 5.74) is 3.50. The highest BCUT2D eigenvalue weighted by Crippen LogP contribution is 2.28. The van der Waals surface area contributed by atoms with E-state index in [0.29, 0.717) is 5.75 Å². The van der Waals surface area contributed by atoms with Crippen molar-refractivity contribution in [3.05, 3.63) is 71.9 Å². The van der Waals surface area contributed by atoms with E-state index in [1.807, 2.05) is 38.1 Å². The number of nitrogens with one attached hydrogen (secondary N) is 2. The minimum Gasteiger partial charge on any atom is -0.495 e. The van der Waals surface area contributed by atoms with Crippen molar-refractivity contribution >= 4 is 27.2 Å². The molecule has 140 valence electrons. The Hall–Kier alpha value is -3.06. The van der Waals surface area contributed by atoms with Gasteiger partial charge in [-0.3, -0.25) is 4.72 Å². The van der Waals surface area contributed by atoms with Crippen LogP contribution in [-0.2, 0) is 10.0 Å². The van der Waals surface area contributed by atoms with Gasteiger partial charge in [0.05, 0.1) is 29.6 Å². The molecular formula is C20H21N3O3S. The maximum atomic E-state index is 12.5. The van der Waals surface area contributed by atoms with Crippen LogP contribution in [0.5, 0.6) is 5.75 Å². The molecule has 0 amide bonds. The fraction of sp³-hybridized carbons (Fsp3) is 0.150. The van der Waals surface area contributed by atoms with Crippen molar-refractivity contribution in [2.24, 2.45) is 0 Å². The minimum atomic E-state index is -3.68. The standard InChI is InChI=1S/C20H21N3O3S/c1-14-5-4-6-17(11-14)27(24,25)23-20-10-8-16(13-21-20)22-18-12-15(2)7-9-19(18)26-3/h4-13,22H,1-3H3,(H,21,23). The van der Waals surface area contributed by atoms with E-state index >= 15 is 0 Å². The number of rotatable bonds is 6. The number of benzene rings is 2. The van der Waals surface area contributed by atoms with Crippen molar-refractivity contribution in [2.75, 3.05) is 17.1 Å². The molecule has 27 heavy (non-hydrogen) atoms. The van der Waals surface area contributed by atoms with Gasteiger partial charge in [0.1, 0.15) is 11.6 Å². The van der Waals surface area contributed by atoms with Crippen molar-refractivity contribution in [1.82, 2.24) is 4.98 Å². The summed E-state index contributed by atoms with van der Waals surface area (Å²) in [6.07, 6.45) is 1.57. The van der Waals surface area contributed by atoms with Crippen molar-refractivity contribution in [2.45, 2.75) is 18.7 Å². The fourth-order valence-corrected chi connectivity index (χ4v) is 3.69. The first-order valence-electron chi connectivity index (χ1n) is 8.34. The number of hydrogen-bond donors (Lipinski definition) is 2. The van der Waals surface area contributed by atoms with Crippen LogP contribution in [0, 0.1) is 13.8 Å². The molecule has 1 aromatic heterocycles. The Morgan fingerprint density at radius 1 is 0.963 bits per heavy atom. The first kappa shape index (κ1) is 18.7. The zero-order chi connectivity index (χ0) is 19.4. The first-order valence-corrected chi connectivity index (χ1v) is 9.83. The van der Waals surface area contributed by atoms with Crippen LogP contribution in [0.25, 0.3) is 0 Å². The second-order valence-electron chi connectivity index (χ2n) is 6.18. The van der Waals surface area contributed by atoms with E-state index in [0.717, 1.165) is 22.5 Å². The van der Waals surface area contributed by atoms with E-state index in [4.69, 9.17) is 4.74 Å². The molecule has 0 spiro atoms. The Kier molecular flexibility index (Phi) is 5.32. The number of ether oxygens (including phenoxy) is 1. The van der Waals surface area contributed by atoms with E-state index in [1.54, 1.807) is 43.6 Å². The van der Waals surface area contributed by atoms with Crippen LogP contribution in [0.1, 0.15) is 11.1 Å². The van der Waals surface area contributed by atoms with Crippen LogP contribution in [0.3, 0.4) is 0 Å². The summed E-state index contributed by atoms with van der Waals surface area (Å²) in [6.45, 7) is 3.84. The third-order valence-electron chi connectivity index (χ3n) is 3.94. The summed E-state index contributed by atoms with van der Waals surface area (Å²) >= 11 is 0. The van der Waals surface area contributed by atoms with Crippen LogP contribution < -0.4 is 14.8 Å². The molecule has 0 saturated carbocycles. The Labute approximate surface area is 159 Å². The molecule has 3 rings (SSSR count). The molecule has 0 atom stereocenters. The van der Waals surface area contributed by atoms with Gasteiger partial charge in [-0.2, -0.15) is 0 Å². The van der Waals surface area contributed by atoms with Crippen LogP contribution in [0.4, 0.5) is 17.2 Å². The number of pyridine rings is 1. The van der Waals surface area contributed by atoms with Crippen LogP contribution in [0.15, 0.2) is 65.7 Å². The Morgan fingerprint density at radius 2 is 1.74 bits per heavy atom. The lowest BCUT2D eigenvalue weighted by atomic mass is 10.2. The lowest BCUT2D eigenvalue weighted by Gasteiger charge is -2.12. The third kappa shape index (κ3) is 4.57. The maximum Gasteiger partial charge on any atom is 0.263 e. The van der Waals surface area contributed by atoms with Gasteiger partial charge in [-0.05, 0) is 61.4 Å². The van der Waals surface area contributed by atoms with Crippen LogP contribution >= 0.6 is 0 Å². The van der Waals surface area contributed by atoms with Gasteiger partial charge in [-0.1, -0.05) is 18.2 Å². The van der Waals surface area contributed by atoms with Gasteiger partial charge in [0.25, 0.3) is 10.0 Å². The second-order valence-corrected chi connectivity index (χ2v) is 7.87. The van der Waals surface area contributed by atoms with Gasteiger partial charge >= 0.3 is 0 Å². The molecule has 0 aliphatic carbocycles. The summed E-state index contributed by atoms with van der Waals surface area (Å²) < 4.78 is 32.8. The highest BCUT2D eigenvalue weighted by atomic mass is 32.2. The van der Waals surface area contributed by atoms with E-state index in [1.165, 1.54) is 0 Å². The Morgan fingerprint density at radius 3 is 2.41 bits per heavy atom. The topological polar surface area (TPSA) is 80.3 Å². The summed E-state index contributed by atoms with van der Waals surface area (Å²) in [6, 6.07) is 15.9. The van der Waals surface area contributed by atoms with Gasteiger partial charge in [-0.15, -0.1) is 0 Å². The number of nitrogens with zero attached hydrogens (tertiary/aromatic N) is 1. The first-order chi connectivity index (χ1) is 12.9. The minimum absolute atomic E-state index is 0.205. The second kappa shape index (κ2) is 7.67. The van der Waals surface area contributed by atoms with Gasteiger partial charge in [0, 0.05) is 0 Å². The zero-order valence-electron chi connectivity index (χ0n) is 15.4. The fourth-order valence-electron chi connectivity index (χ4n) is 2.58. The molecule has 0 aliphatic heterocycles. The smallest absolute Gasteiger partial charge is 0.263 e. The predicted molar refractivity (Wildman–Crippen MR) is 107 cm³/mol. The lowest BCUT2D eigenvalue weighted by Crippen LogP contribution is -2.14. The molecule has 1 heterocycles. The van der Waals surface area contributed by atoms with E-state index < -0.39 is 10.0 Å². The number of hydrogen-bond acceptors (Lipinski definition) is 5. The summed E-state index contributed by atoms with van der Waals surface area (Å²) in [5.74, 6) is 0.961. The maximum absolute atomic E-state index is 12.5. The highest BCUT2D eigenvalue weighted by molar-refractivity contribution is 7.92. The number of sulfonamides is 1. The number of anilines is 3. The van der Waals surface area contributed by atoms with Gasteiger partial charge in [0.2, 0.25) is 0 Å². The molecule has 7 heteroatoms. The average molecular weight is 383 g/mol. The molecular weight excluding hydrogens is 362 g/mol. The van der Waals surface area contributed by atoms with E-state index in [2.05, 4.69) is 15.0 Å². The monoisotopic (exact) mass is 383 g/mol. The van der Waals surface area contributed by atoms with Crippen LogP contribution in [0.2, 0.25) is 0 Å². The van der Waals surface area contributed by atoms with Gasteiger partial charge in [-0.25, -0.2) is 13.4 Å². The van der Waals surface area contributed by atoms with Gasteiger partial charge in [0.15, 0.2) is 0 Å². The lowest BCUT2D eigenvalue weighted by molar-refractivity contribution is 0.416. The predicted octanol–water partition coefficient (Wildman–Crippen LogP) is 4.25. The van der Waals surface area contributed by atoms with Crippen molar-refractivity contribution in [3.8, 4) is 5.75 Å². The van der Waals surface area contributed by atoms with Crippen LogP contribution in [-0.4, -0.2) is 20.5 Å². The van der Waals surface area contributed by atoms with Crippen molar-refractivity contribution in [3.63, 3.8) is 0 Å². The van der Waals surface area contributed by atoms with E-state index in [-0.39, 0.29) is 10.7 Å². The summed E-state index contributed by atoms with van der Waals surface area (Å²) in [5, 5.41) is 3.23. The molecule has 0 bridgehead atoms. The Bertz CT molecular complexity index is 1050. The SMILES string of the molecule is COc1ccc(C)cc1Nc1ccc(NS(=O)(=O)c2cccc(C)c2)nc1. The molecule has 0 fully saturated rings. The number of aromatic nitrogens is 1. The van der Waals surface area contributed by atoms with E-state index in [9.17, 15) is 8.42 Å². The third-order valence-corrected chi connectivity index (χ3v) is 5.29. The Balaban J connectivity index is 1.77. The molecule has 2 aromatic carbocycles. The molecule has 0 radical (unpaired) electrons. The van der Waals surface area contributed by atoms with Crippen molar-refractivity contribution < 1.29 is 13.2 Å². The molecule has 2 N–H and O–H groups in total. The average Bonchev–Trinajstić information content (AvgIpc) is 2.63. The molecule has 3 aromatic rings. The number of aryl methyl sites for hydroxylation is 2. The molecule has 6 nitrogen and oxygen atoms in total. The number of methoxy groups -OCH3 is 1.